The number of rotatable bonds is 6. The van der Waals surface area contributed by atoms with E-state index in [1.165, 1.54) is 0 Å². The molecule has 0 bridgehead atoms. The van der Waals surface area contributed by atoms with Crippen molar-refractivity contribution in [2.75, 3.05) is 5.32 Å². The molecule has 2 amide bonds. The van der Waals surface area contributed by atoms with Crippen LogP contribution in [0.3, 0.4) is 0 Å². The predicted octanol–water partition coefficient (Wildman–Crippen LogP) is 1.85. The molecule has 0 aliphatic heterocycles. The summed E-state index contributed by atoms with van der Waals surface area (Å²) in [5, 5.41) is 13.9. The van der Waals surface area contributed by atoms with E-state index in [9.17, 15) is 9.59 Å². The molecule has 3 N–H and O–H groups in total. The van der Waals surface area contributed by atoms with Gasteiger partial charge in [-0.25, -0.2) is 4.79 Å². The minimum absolute atomic E-state index is 0.0685. The summed E-state index contributed by atoms with van der Waals surface area (Å²) in [5.74, 6) is -0.818. The zero-order chi connectivity index (χ0) is 13.4. The molecule has 1 atom stereocenters. The molecule has 0 saturated heterocycles. The van der Waals surface area contributed by atoms with Crippen molar-refractivity contribution < 1.29 is 14.7 Å². The lowest BCUT2D eigenvalue weighted by atomic mass is 10.1. The van der Waals surface area contributed by atoms with E-state index < -0.39 is 5.97 Å². The van der Waals surface area contributed by atoms with Gasteiger partial charge in [-0.2, -0.15) is 0 Å². The molecule has 6 nitrogen and oxygen atoms in total. The van der Waals surface area contributed by atoms with Gasteiger partial charge in [0.1, 0.15) is 0 Å². The number of hydrogen-bond acceptors (Lipinski definition) is 3. The Labute approximate surface area is 105 Å². The molecule has 6 heteroatoms. The average Bonchev–Trinajstić information content (AvgIpc) is 2.29. The molecule has 1 aromatic rings. The van der Waals surface area contributed by atoms with Gasteiger partial charge in [-0.05, 0) is 31.9 Å². The van der Waals surface area contributed by atoms with Crippen molar-refractivity contribution in [2.24, 2.45) is 0 Å². The number of carboxylic acids is 1. The number of hydrogen-bond donors (Lipinski definition) is 3. The molecule has 0 fully saturated rings. The number of amides is 2. The maximum atomic E-state index is 11.6. The number of urea groups is 1. The first kappa shape index (κ1) is 14.0. The molecule has 0 aliphatic rings. The van der Waals surface area contributed by atoms with Gasteiger partial charge in [-0.1, -0.05) is 0 Å². The van der Waals surface area contributed by atoms with Crippen LogP contribution in [0.2, 0.25) is 0 Å². The zero-order valence-corrected chi connectivity index (χ0v) is 10.2. The third-order valence-corrected chi connectivity index (χ3v) is 2.32. The molecule has 0 spiro atoms. The predicted molar refractivity (Wildman–Crippen MR) is 67.3 cm³/mol. The molecule has 1 aromatic heterocycles. The lowest BCUT2D eigenvalue weighted by molar-refractivity contribution is -0.137. The zero-order valence-electron chi connectivity index (χ0n) is 10.2. The lowest BCUT2D eigenvalue weighted by Crippen LogP contribution is -2.36. The molecular weight excluding hydrogens is 234 g/mol. The van der Waals surface area contributed by atoms with E-state index in [4.69, 9.17) is 5.11 Å². The molecule has 0 aromatic carbocycles. The smallest absolute Gasteiger partial charge is 0.319 e. The lowest BCUT2D eigenvalue weighted by Gasteiger charge is -2.13. The minimum atomic E-state index is -0.818. The maximum absolute atomic E-state index is 11.6. The van der Waals surface area contributed by atoms with Crippen molar-refractivity contribution in [1.29, 1.82) is 0 Å². The van der Waals surface area contributed by atoms with E-state index >= 15 is 0 Å². The van der Waals surface area contributed by atoms with Crippen LogP contribution in [-0.4, -0.2) is 28.1 Å². The summed E-state index contributed by atoms with van der Waals surface area (Å²) in [5.41, 5.74) is 0.618. The van der Waals surface area contributed by atoms with Gasteiger partial charge in [0.25, 0.3) is 0 Å². The monoisotopic (exact) mass is 251 g/mol. The van der Waals surface area contributed by atoms with Crippen molar-refractivity contribution in [2.45, 2.75) is 32.2 Å². The third-order valence-electron chi connectivity index (χ3n) is 2.32. The van der Waals surface area contributed by atoms with Gasteiger partial charge >= 0.3 is 12.0 Å². The Bertz CT molecular complexity index is 395. The Morgan fingerprint density at radius 3 is 2.89 bits per heavy atom. The highest BCUT2D eigenvalue weighted by molar-refractivity contribution is 5.89. The van der Waals surface area contributed by atoms with Crippen molar-refractivity contribution in [3.63, 3.8) is 0 Å². The van der Waals surface area contributed by atoms with Gasteiger partial charge in [0.2, 0.25) is 0 Å². The van der Waals surface area contributed by atoms with Gasteiger partial charge < -0.3 is 15.7 Å². The summed E-state index contributed by atoms with van der Waals surface area (Å²) in [7, 11) is 0. The van der Waals surface area contributed by atoms with Gasteiger partial charge in [-0.15, -0.1) is 0 Å². The number of anilines is 1. The highest BCUT2D eigenvalue weighted by Crippen LogP contribution is 2.04. The SMILES string of the molecule is CC(CCCC(=O)O)NC(=O)Nc1cccnc1. The van der Waals surface area contributed by atoms with Crippen LogP contribution in [0.15, 0.2) is 24.5 Å². The molecule has 0 radical (unpaired) electrons. The Morgan fingerprint density at radius 2 is 2.28 bits per heavy atom. The number of carboxylic acid groups (broad SMARTS) is 1. The molecule has 1 unspecified atom stereocenters. The van der Waals surface area contributed by atoms with Crippen LogP contribution in [0.4, 0.5) is 10.5 Å². The van der Waals surface area contributed by atoms with E-state index in [1.54, 1.807) is 24.5 Å². The topological polar surface area (TPSA) is 91.3 Å². The van der Waals surface area contributed by atoms with Crippen LogP contribution in [-0.2, 0) is 4.79 Å². The number of nitrogens with zero attached hydrogens (tertiary/aromatic N) is 1. The van der Waals surface area contributed by atoms with Gasteiger partial charge in [0.05, 0.1) is 11.9 Å². The van der Waals surface area contributed by atoms with Crippen LogP contribution >= 0.6 is 0 Å². The van der Waals surface area contributed by atoms with E-state index in [0.29, 0.717) is 18.5 Å². The van der Waals surface area contributed by atoms with Crippen LogP contribution < -0.4 is 10.6 Å². The molecule has 1 heterocycles. The molecular formula is C12H17N3O3. The second-order valence-electron chi connectivity index (χ2n) is 4.03. The van der Waals surface area contributed by atoms with Crippen LogP contribution in [0.25, 0.3) is 0 Å². The second kappa shape index (κ2) is 7.26. The first-order valence-electron chi connectivity index (χ1n) is 5.77. The first-order valence-corrected chi connectivity index (χ1v) is 5.77. The van der Waals surface area contributed by atoms with E-state index in [0.717, 1.165) is 0 Å². The average molecular weight is 251 g/mol. The Hall–Kier alpha value is -2.11. The number of pyridine rings is 1. The van der Waals surface area contributed by atoms with Gasteiger partial charge in [0, 0.05) is 18.7 Å². The largest absolute Gasteiger partial charge is 0.481 e. The number of nitrogens with one attached hydrogen (secondary N) is 2. The van der Waals surface area contributed by atoms with E-state index in [2.05, 4.69) is 15.6 Å². The van der Waals surface area contributed by atoms with Crippen LogP contribution in [0.1, 0.15) is 26.2 Å². The fourth-order valence-corrected chi connectivity index (χ4v) is 1.46. The Morgan fingerprint density at radius 1 is 1.50 bits per heavy atom. The molecule has 98 valence electrons. The summed E-state index contributed by atoms with van der Waals surface area (Å²) < 4.78 is 0. The summed E-state index contributed by atoms with van der Waals surface area (Å²) in [6.45, 7) is 1.84. The van der Waals surface area contributed by atoms with Crippen molar-refractivity contribution in [3.8, 4) is 0 Å². The molecule has 18 heavy (non-hydrogen) atoms. The normalized spacial score (nSPS) is 11.6. The van der Waals surface area contributed by atoms with Gasteiger partial charge in [-0.3, -0.25) is 9.78 Å². The van der Waals surface area contributed by atoms with Crippen molar-refractivity contribution in [3.05, 3.63) is 24.5 Å². The quantitative estimate of drug-likeness (QED) is 0.719. The summed E-state index contributed by atoms with van der Waals surface area (Å²) in [6.07, 6.45) is 4.47. The van der Waals surface area contributed by atoms with Crippen LogP contribution in [0, 0.1) is 0 Å². The Balaban J connectivity index is 2.25. The van der Waals surface area contributed by atoms with Crippen molar-refractivity contribution >= 4 is 17.7 Å². The summed E-state index contributed by atoms with van der Waals surface area (Å²) >= 11 is 0. The van der Waals surface area contributed by atoms with E-state index in [-0.39, 0.29) is 18.5 Å². The summed E-state index contributed by atoms with van der Waals surface area (Å²) in [4.78, 5) is 25.8. The molecule has 0 saturated carbocycles. The fourth-order valence-electron chi connectivity index (χ4n) is 1.46. The second-order valence-corrected chi connectivity index (χ2v) is 4.03. The molecule has 1 rings (SSSR count). The van der Waals surface area contributed by atoms with Crippen LogP contribution in [0.5, 0.6) is 0 Å². The third kappa shape index (κ3) is 5.83. The number of aliphatic carboxylic acids is 1. The number of aromatic nitrogens is 1. The van der Waals surface area contributed by atoms with E-state index in [1.807, 2.05) is 6.92 Å². The number of carbonyl (C=O) groups excluding carboxylic acids is 1. The van der Waals surface area contributed by atoms with Gasteiger partial charge in [0.15, 0.2) is 0 Å². The summed E-state index contributed by atoms with van der Waals surface area (Å²) in [6, 6.07) is 3.08. The Kier molecular flexibility index (Phi) is 5.63. The first-order chi connectivity index (χ1) is 8.58. The highest BCUT2D eigenvalue weighted by Gasteiger charge is 2.08. The fraction of sp³-hybridized carbons (Fsp3) is 0.417. The van der Waals surface area contributed by atoms with Crippen molar-refractivity contribution in [1.82, 2.24) is 10.3 Å². The molecule has 0 aliphatic carbocycles. The number of carbonyl (C=O) groups is 2. The highest BCUT2D eigenvalue weighted by atomic mass is 16.4. The minimum Gasteiger partial charge on any atom is -0.481 e. The standard InChI is InChI=1S/C12H17N3O3/c1-9(4-2-6-11(16)17)14-12(18)15-10-5-3-7-13-8-10/h3,5,7-9H,2,4,6H2,1H3,(H,16,17)(H2,14,15,18). The maximum Gasteiger partial charge on any atom is 0.319 e.